The Kier molecular flexibility index (Phi) is 39.8. The van der Waals surface area contributed by atoms with Gasteiger partial charge < -0.3 is 40.3 Å². The predicted octanol–water partition coefficient (Wildman–Crippen LogP) is 11.7. The number of hydrogen-bond donors (Lipinski definition) is 6. The van der Waals surface area contributed by atoms with Gasteiger partial charge in [-0.1, -0.05) is 219 Å². The molecule has 0 aromatic carbocycles. The Morgan fingerprint density at radius 3 is 1.35 bits per heavy atom. The third-order valence-electron chi connectivity index (χ3n) is 12.6. The second-order valence-corrected chi connectivity index (χ2v) is 18.3. The van der Waals surface area contributed by atoms with Crippen molar-refractivity contribution in [3.05, 3.63) is 12.2 Å². The van der Waals surface area contributed by atoms with Crippen LogP contribution in [-0.2, 0) is 14.3 Å². The number of unbranched alkanes of at least 4 members (excludes halogenated alkanes) is 32. The van der Waals surface area contributed by atoms with E-state index in [0.717, 1.165) is 51.4 Å². The second-order valence-electron chi connectivity index (χ2n) is 18.3. The van der Waals surface area contributed by atoms with E-state index in [1.807, 2.05) is 0 Å². The SMILES string of the molecule is CCCCCCC/C=C\CCCCCCCC(=O)NC(COC1OC(CO)C(O)C(O)C1O)C(O)CCCCCCCCCCCCCCCCCCCCCCCCC. The number of aliphatic hydroxyl groups is 5. The molecule has 7 atom stereocenters. The van der Waals surface area contributed by atoms with E-state index in [2.05, 4.69) is 31.3 Å². The molecule has 1 saturated heterocycles. The van der Waals surface area contributed by atoms with Gasteiger partial charge in [0.05, 0.1) is 25.4 Å². The van der Waals surface area contributed by atoms with Crippen molar-refractivity contribution in [1.29, 1.82) is 0 Å². The minimum atomic E-state index is -1.55. The lowest BCUT2D eigenvalue weighted by atomic mass is 9.99. The lowest BCUT2D eigenvalue weighted by Crippen LogP contribution is -2.60. The number of nitrogens with one attached hydrogen (secondary N) is 1. The molecular formula is C51H99NO8. The lowest BCUT2D eigenvalue weighted by Gasteiger charge is -2.40. The van der Waals surface area contributed by atoms with E-state index < -0.39 is 49.5 Å². The first kappa shape index (κ1) is 56.9. The molecule has 1 heterocycles. The molecule has 1 aliphatic rings. The van der Waals surface area contributed by atoms with E-state index >= 15 is 0 Å². The summed E-state index contributed by atoms with van der Waals surface area (Å²) in [5, 5.41) is 54.5. The van der Waals surface area contributed by atoms with Crippen LogP contribution in [-0.4, -0.2) is 87.5 Å². The number of aliphatic hydroxyl groups excluding tert-OH is 5. The number of carbonyl (C=O) groups excluding carboxylic acids is 1. The van der Waals surface area contributed by atoms with Gasteiger partial charge in [0, 0.05) is 6.42 Å². The van der Waals surface area contributed by atoms with E-state index in [4.69, 9.17) is 9.47 Å². The molecule has 6 N–H and O–H groups in total. The van der Waals surface area contributed by atoms with Gasteiger partial charge in [-0.05, 0) is 38.5 Å². The van der Waals surface area contributed by atoms with Crippen LogP contribution in [0.4, 0.5) is 0 Å². The topological polar surface area (TPSA) is 149 Å². The Bertz CT molecular complexity index is 950. The summed E-state index contributed by atoms with van der Waals surface area (Å²) in [5.41, 5.74) is 0. The largest absolute Gasteiger partial charge is 0.394 e. The highest BCUT2D eigenvalue weighted by Crippen LogP contribution is 2.23. The van der Waals surface area contributed by atoms with E-state index in [1.54, 1.807) is 0 Å². The van der Waals surface area contributed by atoms with Crippen molar-refractivity contribution >= 4 is 5.91 Å². The number of amides is 1. The zero-order chi connectivity index (χ0) is 43.7. The average Bonchev–Trinajstić information content (AvgIpc) is 3.25. The molecule has 0 bridgehead atoms. The van der Waals surface area contributed by atoms with Gasteiger partial charge in [-0.25, -0.2) is 0 Å². The third kappa shape index (κ3) is 31.7. The summed E-state index contributed by atoms with van der Waals surface area (Å²) in [7, 11) is 0. The van der Waals surface area contributed by atoms with Crippen LogP contribution in [0.2, 0.25) is 0 Å². The molecule has 0 aromatic heterocycles. The first-order valence-electron chi connectivity index (χ1n) is 25.9. The predicted molar refractivity (Wildman–Crippen MR) is 249 cm³/mol. The van der Waals surface area contributed by atoms with Gasteiger partial charge in [0.2, 0.25) is 5.91 Å². The minimum Gasteiger partial charge on any atom is -0.394 e. The molecule has 1 fully saturated rings. The van der Waals surface area contributed by atoms with Crippen molar-refractivity contribution in [3.63, 3.8) is 0 Å². The monoisotopic (exact) mass is 854 g/mol. The molecule has 60 heavy (non-hydrogen) atoms. The maximum absolute atomic E-state index is 13.0. The normalized spacial score (nSPS) is 20.6. The zero-order valence-corrected chi connectivity index (χ0v) is 39.2. The molecular weight excluding hydrogens is 755 g/mol. The van der Waals surface area contributed by atoms with Crippen LogP contribution in [0.1, 0.15) is 251 Å². The van der Waals surface area contributed by atoms with Gasteiger partial charge in [-0.2, -0.15) is 0 Å². The fourth-order valence-electron chi connectivity index (χ4n) is 8.45. The van der Waals surface area contributed by atoms with Gasteiger partial charge in [0.25, 0.3) is 0 Å². The maximum atomic E-state index is 13.0. The van der Waals surface area contributed by atoms with Crippen LogP contribution in [0.3, 0.4) is 0 Å². The van der Waals surface area contributed by atoms with Crippen LogP contribution in [0.5, 0.6) is 0 Å². The molecule has 9 heteroatoms. The van der Waals surface area contributed by atoms with Crippen molar-refractivity contribution < 1.29 is 39.8 Å². The van der Waals surface area contributed by atoms with Crippen LogP contribution in [0.15, 0.2) is 12.2 Å². The van der Waals surface area contributed by atoms with Crippen LogP contribution in [0, 0.1) is 0 Å². The zero-order valence-electron chi connectivity index (χ0n) is 39.2. The average molecular weight is 854 g/mol. The van der Waals surface area contributed by atoms with E-state index in [9.17, 15) is 30.3 Å². The Balaban J connectivity index is 2.24. The first-order valence-corrected chi connectivity index (χ1v) is 25.9. The summed E-state index contributed by atoms with van der Waals surface area (Å²) in [6.07, 6.45) is 42.3. The highest BCUT2D eigenvalue weighted by atomic mass is 16.7. The molecule has 1 aliphatic heterocycles. The van der Waals surface area contributed by atoms with Gasteiger partial charge in [0.1, 0.15) is 24.4 Å². The van der Waals surface area contributed by atoms with Gasteiger partial charge >= 0.3 is 0 Å². The molecule has 0 saturated carbocycles. The second kappa shape index (κ2) is 41.9. The van der Waals surface area contributed by atoms with E-state index in [1.165, 1.54) is 173 Å². The number of carbonyl (C=O) groups is 1. The first-order chi connectivity index (χ1) is 29.3. The van der Waals surface area contributed by atoms with Gasteiger partial charge in [-0.15, -0.1) is 0 Å². The number of ether oxygens (including phenoxy) is 2. The Morgan fingerprint density at radius 1 is 0.550 bits per heavy atom. The Hall–Kier alpha value is -1.07. The molecule has 7 unspecified atom stereocenters. The van der Waals surface area contributed by atoms with Crippen molar-refractivity contribution in [2.75, 3.05) is 13.2 Å². The molecule has 0 radical (unpaired) electrons. The molecule has 1 amide bonds. The summed E-state index contributed by atoms with van der Waals surface area (Å²) >= 11 is 0. The minimum absolute atomic E-state index is 0.138. The Labute approximate surface area is 369 Å². The highest BCUT2D eigenvalue weighted by molar-refractivity contribution is 5.76. The van der Waals surface area contributed by atoms with E-state index in [0.29, 0.717) is 12.8 Å². The Morgan fingerprint density at radius 2 is 0.933 bits per heavy atom. The van der Waals surface area contributed by atoms with Crippen LogP contribution in [0.25, 0.3) is 0 Å². The van der Waals surface area contributed by atoms with Crippen molar-refractivity contribution in [3.8, 4) is 0 Å². The highest BCUT2D eigenvalue weighted by Gasteiger charge is 2.44. The maximum Gasteiger partial charge on any atom is 0.220 e. The molecule has 0 aromatic rings. The van der Waals surface area contributed by atoms with Crippen LogP contribution >= 0.6 is 0 Å². The summed E-state index contributed by atoms with van der Waals surface area (Å²) in [4.78, 5) is 13.0. The number of hydrogen-bond acceptors (Lipinski definition) is 8. The fraction of sp³-hybridized carbons (Fsp3) is 0.941. The summed E-state index contributed by atoms with van der Waals surface area (Å²) in [6.45, 7) is 3.84. The number of allylic oxidation sites excluding steroid dienone is 2. The molecule has 356 valence electrons. The van der Waals surface area contributed by atoms with Gasteiger partial charge in [0.15, 0.2) is 6.29 Å². The standard InChI is InChI=1S/C51H99NO8/c1-3-5-7-9-11-13-15-17-19-20-21-22-23-24-25-26-27-28-30-32-34-36-38-40-45(54)44(43-59-51-50(58)49(57)48(56)46(42-53)60-51)52-47(55)41-39-37-35-33-31-29-18-16-14-12-10-8-6-4-2/h16,18,44-46,48-51,53-54,56-58H,3-15,17,19-43H2,1-2H3,(H,52,55)/b18-16-. The fourth-order valence-corrected chi connectivity index (χ4v) is 8.45. The van der Waals surface area contributed by atoms with Gasteiger partial charge in [-0.3, -0.25) is 4.79 Å². The molecule has 9 nitrogen and oxygen atoms in total. The molecule has 1 rings (SSSR count). The van der Waals surface area contributed by atoms with E-state index in [-0.39, 0.29) is 12.5 Å². The quantitative estimate of drug-likeness (QED) is 0.0262. The number of rotatable bonds is 44. The van der Waals surface area contributed by atoms with Crippen molar-refractivity contribution in [2.45, 2.75) is 294 Å². The van der Waals surface area contributed by atoms with Crippen LogP contribution < -0.4 is 5.32 Å². The summed E-state index contributed by atoms with van der Waals surface area (Å²) in [5.74, 6) is -0.150. The van der Waals surface area contributed by atoms with Crippen molar-refractivity contribution in [2.24, 2.45) is 0 Å². The lowest BCUT2D eigenvalue weighted by molar-refractivity contribution is -0.302. The van der Waals surface area contributed by atoms with Crippen molar-refractivity contribution in [1.82, 2.24) is 5.32 Å². The smallest absolute Gasteiger partial charge is 0.220 e. The summed E-state index contributed by atoms with van der Waals surface area (Å²) < 4.78 is 11.3. The molecule has 0 spiro atoms. The third-order valence-corrected chi connectivity index (χ3v) is 12.6. The summed E-state index contributed by atoms with van der Waals surface area (Å²) in [6, 6.07) is -0.719. The molecule has 0 aliphatic carbocycles.